The maximum atomic E-state index is 7.76. The van der Waals surface area contributed by atoms with Gasteiger partial charge in [-0.1, -0.05) is 178 Å². The van der Waals surface area contributed by atoms with Crippen LogP contribution in [-0.2, 0) is 32.5 Å². The Kier molecular flexibility index (Phi) is 11.8. The van der Waals surface area contributed by atoms with Gasteiger partial charge in [-0.15, -0.1) is 0 Å². The number of nitrogens with zero attached hydrogens (tertiary/aromatic N) is 3. The molecule has 3 aliphatic rings. The fraction of sp³-hybridized carbons (Fsp3) is 0.300. The second-order valence-electron chi connectivity index (χ2n) is 30.9. The van der Waals surface area contributed by atoms with Crippen LogP contribution in [0.3, 0.4) is 0 Å². The Hall–Kier alpha value is -8.42. The Labute approximate surface area is 513 Å². The Morgan fingerprint density at radius 3 is 1.48 bits per heavy atom. The quantitative estimate of drug-likeness (QED) is 0.160. The van der Waals surface area contributed by atoms with Crippen molar-refractivity contribution in [3.8, 4) is 11.1 Å². The van der Waals surface area contributed by atoms with Crippen LogP contribution in [0, 0.1) is 0 Å². The average molecular weight is 1140 g/mol. The van der Waals surface area contributed by atoms with E-state index in [1.807, 2.05) is 0 Å². The number of para-hydroxylation sites is 1. The van der Waals surface area contributed by atoms with Crippen molar-refractivity contribution in [1.29, 1.82) is 0 Å². The minimum absolute atomic E-state index is 0.0199. The summed E-state index contributed by atoms with van der Waals surface area (Å²) in [5.74, 6) is 0. The van der Waals surface area contributed by atoms with Gasteiger partial charge in [0.1, 0.15) is 33.6 Å². The highest BCUT2D eigenvalue weighted by atomic mass is 16.3. The summed E-state index contributed by atoms with van der Waals surface area (Å²) in [7, 11) is 0. The number of hydrogen-bond donors (Lipinski definition) is 0. The molecule has 15 rings (SSSR count). The van der Waals surface area contributed by atoms with Crippen molar-refractivity contribution in [3.05, 3.63) is 203 Å². The van der Waals surface area contributed by atoms with Gasteiger partial charge in [0.15, 0.2) is 0 Å². The van der Waals surface area contributed by atoms with E-state index in [1.165, 1.54) is 33.4 Å². The molecule has 7 heteroatoms. The van der Waals surface area contributed by atoms with Crippen LogP contribution >= 0.6 is 0 Å². The maximum absolute atomic E-state index is 7.76. The summed E-state index contributed by atoms with van der Waals surface area (Å²) in [6.07, 6.45) is 2.22. The summed E-state index contributed by atoms with van der Waals surface area (Å²) in [6, 6.07) is 64.1. The van der Waals surface area contributed by atoms with Gasteiger partial charge in [-0.25, -0.2) is 0 Å². The molecule has 0 N–H and O–H groups in total. The molecule has 2 aliphatic heterocycles. The van der Waals surface area contributed by atoms with Gasteiger partial charge in [-0.05, 0) is 175 Å². The first-order chi connectivity index (χ1) is 41.1. The van der Waals surface area contributed by atoms with Crippen molar-refractivity contribution < 1.29 is 13.3 Å². The normalized spacial score (nSPS) is 15.6. The van der Waals surface area contributed by atoms with Gasteiger partial charge in [-0.3, -0.25) is 0 Å². The smallest absolute Gasteiger partial charge is 0.376 e. The van der Waals surface area contributed by atoms with Gasteiger partial charge >= 0.3 is 6.85 Å². The Balaban J connectivity index is 1.03. The number of fused-ring (bicyclic) bond motifs is 14. The van der Waals surface area contributed by atoms with E-state index >= 15 is 0 Å². The minimum atomic E-state index is -0.414. The van der Waals surface area contributed by atoms with Gasteiger partial charge < -0.3 is 27.9 Å². The van der Waals surface area contributed by atoms with Crippen LogP contribution in [0.15, 0.2) is 183 Å². The van der Waals surface area contributed by atoms with E-state index in [0.717, 1.165) is 135 Å². The topological polar surface area (TPSA) is 49.1 Å². The zero-order valence-electron chi connectivity index (χ0n) is 53.7. The lowest BCUT2D eigenvalue weighted by Crippen LogP contribution is -2.61. The predicted molar refractivity (Wildman–Crippen MR) is 369 cm³/mol. The lowest BCUT2D eigenvalue weighted by atomic mass is 9.45. The van der Waals surface area contributed by atoms with Crippen LogP contribution in [0.1, 0.15) is 157 Å². The molecule has 0 amide bonds. The third-order valence-corrected chi connectivity index (χ3v) is 19.9. The van der Waals surface area contributed by atoms with Crippen LogP contribution in [-0.4, -0.2) is 6.85 Å². The van der Waals surface area contributed by atoms with E-state index in [1.54, 1.807) is 0 Å². The molecule has 0 spiro atoms. The molecule has 5 heterocycles. The number of rotatable bonds is 5. The maximum Gasteiger partial charge on any atom is 0.376 e. The fourth-order valence-corrected chi connectivity index (χ4v) is 14.6. The third kappa shape index (κ3) is 8.63. The molecule has 0 bridgehead atoms. The first-order valence-corrected chi connectivity index (χ1v) is 31.5. The molecule has 0 saturated carbocycles. The van der Waals surface area contributed by atoms with Crippen LogP contribution in [0.5, 0.6) is 0 Å². The summed E-state index contributed by atoms with van der Waals surface area (Å²) in [4.78, 5) is 7.45. The third-order valence-electron chi connectivity index (χ3n) is 19.9. The molecule has 0 fully saturated rings. The van der Waals surface area contributed by atoms with Gasteiger partial charge in [0.25, 0.3) is 0 Å². The molecule has 12 aromatic rings. The van der Waals surface area contributed by atoms with Gasteiger partial charge in [-0.2, -0.15) is 0 Å². The average Bonchev–Trinajstić information content (AvgIpc) is 1.68. The van der Waals surface area contributed by atoms with Crippen LogP contribution in [0.2, 0.25) is 0 Å². The van der Waals surface area contributed by atoms with E-state index in [4.69, 9.17) is 13.3 Å². The molecular formula is C80H80BN3O3. The highest BCUT2D eigenvalue weighted by molar-refractivity contribution is 6.93. The Bertz CT molecular complexity index is 4720. The lowest BCUT2D eigenvalue weighted by Gasteiger charge is -2.44. The van der Waals surface area contributed by atoms with Crippen molar-refractivity contribution >= 4 is 118 Å². The molecule has 9 aromatic carbocycles. The Morgan fingerprint density at radius 2 is 0.908 bits per heavy atom. The summed E-state index contributed by atoms with van der Waals surface area (Å²) in [6.45, 7) is 36.7. The van der Waals surface area contributed by atoms with Crippen LogP contribution in [0.4, 0.5) is 45.5 Å². The minimum Gasteiger partial charge on any atom is -0.466 e. The molecule has 0 saturated heterocycles. The van der Waals surface area contributed by atoms with E-state index in [2.05, 4.69) is 295 Å². The van der Waals surface area contributed by atoms with Gasteiger partial charge in [0.05, 0.1) is 5.69 Å². The van der Waals surface area contributed by atoms with Gasteiger partial charge in [0, 0.05) is 90.0 Å². The number of furan rings is 3. The van der Waals surface area contributed by atoms with Crippen LogP contribution < -0.4 is 25.7 Å². The SMILES string of the molecule is CC(C)(C)c1ccc(N2B3c4oc5cc6c(cc5c4N(c4ccc(C(C)(C)C)cc4)c4cc5c(oc7ccccc75)c(c43)-c3cc4c(cc32)oc2cc(N(c3ccc(C(C)(C)C)cc3)c3ccc(C(C)(C)C)cc3)ccc24)C(C)(C)CCC6(C)C)cc1. The second-order valence-corrected chi connectivity index (χ2v) is 30.9. The molecule has 0 unspecified atom stereocenters. The summed E-state index contributed by atoms with van der Waals surface area (Å²) < 4.78 is 22.4. The van der Waals surface area contributed by atoms with E-state index in [9.17, 15) is 0 Å². The first kappa shape index (κ1) is 55.2. The summed E-state index contributed by atoms with van der Waals surface area (Å²) in [5, 5.41) is 5.38. The highest BCUT2D eigenvalue weighted by Gasteiger charge is 2.51. The molecule has 1 aliphatic carbocycles. The molecule has 0 atom stereocenters. The van der Waals surface area contributed by atoms with Crippen molar-refractivity contribution in [1.82, 2.24) is 0 Å². The Morgan fingerprint density at radius 1 is 0.414 bits per heavy atom. The van der Waals surface area contributed by atoms with E-state index in [0.29, 0.717) is 0 Å². The second kappa shape index (κ2) is 18.6. The molecule has 436 valence electrons. The van der Waals surface area contributed by atoms with Crippen molar-refractivity contribution in [3.63, 3.8) is 0 Å². The molecule has 6 nitrogen and oxygen atoms in total. The van der Waals surface area contributed by atoms with Crippen molar-refractivity contribution in [2.24, 2.45) is 0 Å². The first-order valence-electron chi connectivity index (χ1n) is 31.5. The van der Waals surface area contributed by atoms with Crippen LogP contribution in [0.25, 0.3) is 66.0 Å². The zero-order valence-corrected chi connectivity index (χ0v) is 53.7. The largest absolute Gasteiger partial charge is 0.466 e. The summed E-state index contributed by atoms with van der Waals surface area (Å²) >= 11 is 0. The lowest BCUT2D eigenvalue weighted by molar-refractivity contribution is 0.332. The molecular weight excluding hydrogens is 1060 g/mol. The van der Waals surface area contributed by atoms with E-state index < -0.39 is 6.85 Å². The van der Waals surface area contributed by atoms with Gasteiger partial charge in [0.2, 0.25) is 0 Å². The molecule has 87 heavy (non-hydrogen) atoms. The van der Waals surface area contributed by atoms with Crippen molar-refractivity contribution in [2.45, 2.75) is 156 Å². The molecule has 3 aromatic heterocycles. The fourth-order valence-electron chi connectivity index (χ4n) is 14.6. The van der Waals surface area contributed by atoms with Crippen molar-refractivity contribution in [2.75, 3.05) is 14.6 Å². The summed E-state index contributed by atoms with van der Waals surface area (Å²) in [5.41, 5.74) is 24.8. The monoisotopic (exact) mass is 1140 g/mol. The number of hydrogen-bond acceptors (Lipinski definition) is 6. The predicted octanol–water partition coefficient (Wildman–Crippen LogP) is 21.9. The number of anilines is 8. The number of benzene rings is 9. The standard InChI is InChI=1S/C80H80BN3O3/c1-75(2,3)47-21-29-51(30-22-47)82(52-31-23-48(24-32-52)76(4,5)6)55-37-38-57-58-42-60-64(46-69(58)85-67(57)41-55)84(54-35-27-50(28-36-54)78(10,11)12)81-71-65(44-59-56-19-17-18-20-66(56)86-73(59)70(60)71)83(53-33-25-49(26-34-53)77(7,8)9)72-61-43-62-63(45-68(61)87-74(72)81)80(15,16)40-39-79(62,13)14/h17-38,41-46H,39-40H2,1-16H3. The molecule has 0 radical (unpaired) electrons. The highest BCUT2D eigenvalue weighted by Crippen LogP contribution is 2.56. The van der Waals surface area contributed by atoms with E-state index in [-0.39, 0.29) is 32.5 Å². The zero-order chi connectivity index (χ0) is 60.8.